The summed E-state index contributed by atoms with van der Waals surface area (Å²) in [6, 6.07) is 5.86. The monoisotopic (exact) mass is 330 g/mol. The Hall–Kier alpha value is -2.53. The standard InChI is InChI=1S/C19H22O5/c1-12(2)8-15(20)9-13(3)6-7-23-18-11-17-14(10-16(18)21)4-5-19(22)24-17/h4-6,8,10-11,15,20-21H,7,9H2,1-3H3. The van der Waals surface area contributed by atoms with Crippen molar-refractivity contribution in [3.8, 4) is 11.5 Å². The predicted molar refractivity (Wildman–Crippen MR) is 93.5 cm³/mol. The molecule has 0 radical (unpaired) electrons. The van der Waals surface area contributed by atoms with Crippen LogP contribution in [-0.4, -0.2) is 22.9 Å². The molecule has 1 heterocycles. The largest absolute Gasteiger partial charge is 0.504 e. The molecule has 5 nitrogen and oxygen atoms in total. The van der Waals surface area contributed by atoms with Crippen molar-refractivity contribution in [3.05, 3.63) is 58.0 Å². The summed E-state index contributed by atoms with van der Waals surface area (Å²) in [4.78, 5) is 11.3. The van der Waals surface area contributed by atoms with Crippen LogP contribution in [-0.2, 0) is 0 Å². The summed E-state index contributed by atoms with van der Waals surface area (Å²) in [7, 11) is 0. The average Bonchev–Trinajstić information content (AvgIpc) is 2.47. The molecule has 0 aliphatic carbocycles. The first-order valence-electron chi connectivity index (χ1n) is 7.73. The van der Waals surface area contributed by atoms with Crippen molar-refractivity contribution < 1.29 is 19.4 Å². The highest BCUT2D eigenvalue weighted by Gasteiger charge is 2.07. The van der Waals surface area contributed by atoms with Crippen molar-refractivity contribution in [2.24, 2.45) is 0 Å². The number of hydrogen-bond donors (Lipinski definition) is 2. The highest BCUT2D eigenvalue weighted by atomic mass is 16.5. The summed E-state index contributed by atoms with van der Waals surface area (Å²) in [6.07, 6.45) is 3.64. The molecule has 1 aromatic carbocycles. The Labute approximate surface area is 140 Å². The van der Waals surface area contributed by atoms with Crippen molar-refractivity contribution in [3.63, 3.8) is 0 Å². The van der Waals surface area contributed by atoms with Gasteiger partial charge in [0.2, 0.25) is 0 Å². The Morgan fingerprint density at radius 2 is 2.04 bits per heavy atom. The molecule has 24 heavy (non-hydrogen) atoms. The van der Waals surface area contributed by atoms with E-state index in [4.69, 9.17) is 9.15 Å². The van der Waals surface area contributed by atoms with E-state index in [1.807, 2.05) is 26.8 Å². The molecule has 2 N–H and O–H groups in total. The summed E-state index contributed by atoms with van der Waals surface area (Å²) >= 11 is 0. The van der Waals surface area contributed by atoms with Gasteiger partial charge in [0, 0.05) is 17.5 Å². The van der Waals surface area contributed by atoms with E-state index in [9.17, 15) is 15.0 Å². The Morgan fingerprint density at radius 1 is 1.29 bits per heavy atom. The second-order valence-electron chi connectivity index (χ2n) is 5.99. The third-order valence-electron chi connectivity index (χ3n) is 3.43. The fraction of sp³-hybridized carbons (Fsp3) is 0.316. The first-order chi connectivity index (χ1) is 11.3. The molecule has 0 aliphatic rings. The third kappa shape index (κ3) is 4.99. The number of phenolic OH excluding ortho intramolecular Hbond substituents is 1. The Kier molecular flexibility index (Phi) is 5.82. The summed E-state index contributed by atoms with van der Waals surface area (Å²) in [5.74, 6) is 0.220. The summed E-state index contributed by atoms with van der Waals surface area (Å²) in [6.45, 7) is 6.02. The maximum Gasteiger partial charge on any atom is 0.336 e. The molecular formula is C19H22O5. The number of hydrogen-bond acceptors (Lipinski definition) is 5. The molecule has 0 saturated carbocycles. The average molecular weight is 330 g/mol. The van der Waals surface area contributed by atoms with Gasteiger partial charge in [-0.15, -0.1) is 0 Å². The minimum absolute atomic E-state index is 0.0213. The summed E-state index contributed by atoms with van der Waals surface area (Å²) < 4.78 is 10.6. The highest BCUT2D eigenvalue weighted by Crippen LogP contribution is 2.30. The molecule has 0 fully saturated rings. The van der Waals surface area contributed by atoms with Crippen LogP contribution in [0.5, 0.6) is 11.5 Å². The number of ether oxygens (including phenoxy) is 1. The van der Waals surface area contributed by atoms with Gasteiger partial charge in [-0.2, -0.15) is 0 Å². The molecule has 0 amide bonds. The normalized spacial score (nSPS) is 12.9. The maximum absolute atomic E-state index is 11.3. The summed E-state index contributed by atoms with van der Waals surface area (Å²) in [5.41, 5.74) is 1.94. The molecule has 0 saturated heterocycles. The van der Waals surface area contributed by atoms with Gasteiger partial charge in [-0.25, -0.2) is 4.79 Å². The lowest BCUT2D eigenvalue weighted by atomic mass is 10.1. The van der Waals surface area contributed by atoms with Crippen molar-refractivity contribution in [2.75, 3.05) is 6.61 Å². The molecule has 128 valence electrons. The van der Waals surface area contributed by atoms with E-state index in [1.165, 1.54) is 18.2 Å². The van der Waals surface area contributed by atoms with E-state index < -0.39 is 11.7 Å². The van der Waals surface area contributed by atoms with E-state index in [0.29, 0.717) is 17.4 Å². The van der Waals surface area contributed by atoms with Gasteiger partial charge in [0.05, 0.1) is 6.10 Å². The fourth-order valence-electron chi connectivity index (χ4n) is 2.33. The Bertz CT molecular complexity index is 825. The van der Waals surface area contributed by atoms with Crippen LogP contribution in [0.4, 0.5) is 0 Å². The number of aromatic hydroxyl groups is 1. The van der Waals surface area contributed by atoms with E-state index in [2.05, 4.69) is 0 Å². The lowest BCUT2D eigenvalue weighted by Gasteiger charge is -2.09. The number of fused-ring (bicyclic) bond motifs is 1. The molecule has 5 heteroatoms. The quantitative estimate of drug-likeness (QED) is 0.625. The SMILES string of the molecule is CC(C)=CC(O)CC(C)=CCOc1cc2oc(=O)ccc2cc1O. The van der Waals surface area contributed by atoms with Crippen LogP contribution in [0.25, 0.3) is 11.0 Å². The van der Waals surface area contributed by atoms with Crippen molar-refractivity contribution >= 4 is 11.0 Å². The van der Waals surface area contributed by atoms with Crippen molar-refractivity contribution in [2.45, 2.75) is 33.3 Å². The van der Waals surface area contributed by atoms with Gasteiger partial charge in [-0.1, -0.05) is 17.2 Å². The number of aliphatic hydroxyl groups excluding tert-OH is 1. The lowest BCUT2D eigenvalue weighted by Crippen LogP contribution is -2.04. The number of rotatable bonds is 6. The van der Waals surface area contributed by atoms with E-state index in [-0.39, 0.29) is 18.1 Å². The van der Waals surface area contributed by atoms with E-state index in [0.717, 1.165) is 11.1 Å². The van der Waals surface area contributed by atoms with Crippen LogP contribution in [0.2, 0.25) is 0 Å². The number of allylic oxidation sites excluding steroid dienone is 1. The predicted octanol–water partition coefficient (Wildman–Crippen LogP) is 3.54. The molecule has 1 atom stereocenters. The second kappa shape index (κ2) is 7.84. The molecule has 2 aromatic rings. The van der Waals surface area contributed by atoms with Crippen LogP contribution in [0.15, 0.2) is 56.8 Å². The maximum atomic E-state index is 11.3. The molecule has 2 rings (SSSR count). The first kappa shape index (κ1) is 17.8. The van der Waals surface area contributed by atoms with Gasteiger partial charge in [0.15, 0.2) is 11.5 Å². The van der Waals surface area contributed by atoms with Crippen LogP contribution in [0.1, 0.15) is 27.2 Å². The Balaban J connectivity index is 2.05. The number of benzene rings is 1. The van der Waals surface area contributed by atoms with E-state index in [1.54, 1.807) is 12.1 Å². The van der Waals surface area contributed by atoms with Gasteiger partial charge in [-0.3, -0.25) is 0 Å². The van der Waals surface area contributed by atoms with Gasteiger partial charge in [0.1, 0.15) is 12.2 Å². The molecule has 1 aromatic heterocycles. The second-order valence-corrected chi connectivity index (χ2v) is 5.99. The summed E-state index contributed by atoms with van der Waals surface area (Å²) in [5, 5.41) is 20.5. The van der Waals surface area contributed by atoms with Crippen molar-refractivity contribution in [1.82, 2.24) is 0 Å². The number of aliphatic hydroxyl groups is 1. The lowest BCUT2D eigenvalue weighted by molar-refractivity contribution is 0.222. The number of phenols is 1. The van der Waals surface area contributed by atoms with Gasteiger partial charge in [-0.05, 0) is 45.4 Å². The topological polar surface area (TPSA) is 79.9 Å². The third-order valence-corrected chi connectivity index (χ3v) is 3.43. The van der Waals surface area contributed by atoms with Crippen LogP contribution < -0.4 is 10.4 Å². The van der Waals surface area contributed by atoms with Crippen LogP contribution in [0.3, 0.4) is 0 Å². The molecule has 1 unspecified atom stereocenters. The van der Waals surface area contributed by atoms with E-state index >= 15 is 0 Å². The van der Waals surface area contributed by atoms with Gasteiger partial charge in [0.25, 0.3) is 0 Å². The zero-order valence-corrected chi connectivity index (χ0v) is 14.1. The first-order valence-corrected chi connectivity index (χ1v) is 7.73. The zero-order valence-electron chi connectivity index (χ0n) is 14.1. The zero-order chi connectivity index (χ0) is 17.7. The molecule has 0 bridgehead atoms. The van der Waals surface area contributed by atoms with Crippen molar-refractivity contribution in [1.29, 1.82) is 0 Å². The van der Waals surface area contributed by atoms with Gasteiger partial charge >= 0.3 is 5.63 Å². The van der Waals surface area contributed by atoms with Crippen LogP contribution >= 0.6 is 0 Å². The highest BCUT2D eigenvalue weighted by molar-refractivity contribution is 5.80. The molecule has 0 aliphatic heterocycles. The smallest absolute Gasteiger partial charge is 0.336 e. The molecular weight excluding hydrogens is 308 g/mol. The van der Waals surface area contributed by atoms with Crippen LogP contribution in [0, 0.1) is 0 Å². The molecule has 0 spiro atoms. The van der Waals surface area contributed by atoms with Gasteiger partial charge < -0.3 is 19.4 Å². The minimum Gasteiger partial charge on any atom is -0.504 e. The fourth-order valence-corrected chi connectivity index (χ4v) is 2.33. The minimum atomic E-state index is -0.519. The Morgan fingerprint density at radius 3 is 2.75 bits per heavy atom.